The highest BCUT2D eigenvalue weighted by molar-refractivity contribution is 6.08. The fourth-order valence-corrected chi connectivity index (χ4v) is 3.32. The normalized spacial score (nSPS) is 16.0. The van der Waals surface area contributed by atoms with E-state index in [2.05, 4.69) is 32.5 Å². The molecule has 0 radical (unpaired) electrons. The molecule has 3 rings (SSSR count). The second-order valence-corrected chi connectivity index (χ2v) is 9.60. The minimum atomic E-state index is -0.369. The van der Waals surface area contributed by atoms with Crippen molar-refractivity contribution in [3.8, 4) is 0 Å². The van der Waals surface area contributed by atoms with Gasteiger partial charge in [0.05, 0.1) is 5.69 Å². The van der Waals surface area contributed by atoms with E-state index in [4.69, 9.17) is 5.73 Å². The van der Waals surface area contributed by atoms with Crippen LogP contribution in [0.15, 0.2) is 65.3 Å². The molecule has 1 aliphatic rings. The van der Waals surface area contributed by atoms with Crippen LogP contribution in [0.4, 0.5) is 21.9 Å². The van der Waals surface area contributed by atoms with Gasteiger partial charge in [-0.1, -0.05) is 38.5 Å². The van der Waals surface area contributed by atoms with E-state index in [1.807, 2.05) is 76.2 Å². The maximum atomic E-state index is 12.7. The number of amides is 2. The number of aliphatic imine (C=N–C) groups is 1. The van der Waals surface area contributed by atoms with E-state index in [9.17, 15) is 4.79 Å². The number of nitrogens with one attached hydrogen (secondary N) is 2. The van der Waals surface area contributed by atoms with Crippen LogP contribution in [0.25, 0.3) is 0 Å². The van der Waals surface area contributed by atoms with E-state index in [1.54, 1.807) is 6.08 Å². The third kappa shape index (κ3) is 7.36. The quantitative estimate of drug-likeness (QED) is 0.475. The molecule has 0 unspecified atom stereocenters. The summed E-state index contributed by atoms with van der Waals surface area (Å²) in [6, 6.07) is 15.3. The van der Waals surface area contributed by atoms with Crippen molar-refractivity contribution in [1.29, 1.82) is 0 Å². The summed E-state index contributed by atoms with van der Waals surface area (Å²) in [7, 11) is 2.14. The van der Waals surface area contributed by atoms with Gasteiger partial charge in [-0.05, 0) is 50.4 Å². The Bertz CT molecular complexity index is 995. The average Bonchev–Trinajstić information content (AvgIpc) is 2.76. The van der Waals surface area contributed by atoms with E-state index < -0.39 is 0 Å². The number of nitrogens with two attached hydrogens (primary N) is 1. The van der Waals surface area contributed by atoms with Crippen LogP contribution in [-0.2, 0) is 0 Å². The summed E-state index contributed by atoms with van der Waals surface area (Å²) in [6.07, 6.45) is 1.72. The third-order valence-electron chi connectivity index (χ3n) is 5.68. The maximum absolute atomic E-state index is 12.7. The molecule has 0 aromatic heterocycles. The molecule has 7 heteroatoms. The highest BCUT2D eigenvalue weighted by Crippen LogP contribution is 2.22. The zero-order chi connectivity index (χ0) is 24.0. The molecule has 1 saturated heterocycles. The summed E-state index contributed by atoms with van der Waals surface area (Å²) in [4.78, 5) is 22.0. The number of carbonyl (C=O) groups excluding carboxylic acids is 1. The number of hydrogen-bond donors (Lipinski definition) is 3. The SMILES string of the molecule is Cc1ccc(N=C(C=C(N)C(C)(C)C)NC(=O)Nc2ccc(N3CCN(C)CC3)cc2)cc1. The molecule has 1 fully saturated rings. The second-order valence-electron chi connectivity index (χ2n) is 9.60. The molecule has 176 valence electrons. The number of benzene rings is 2. The molecule has 0 bridgehead atoms. The van der Waals surface area contributed by atoms with Gasteiger partial charge in [0.25, 0.3) is 0 Å². The first-order chi connectivity index (χ1) is 15.6. The molecule has 0 aliphatic carbocycles. The summed E-state index contributed by atoms with van der Waals surface area (Å²) in [5.41, 5.74) is 10.4. The van der Waals surface area contributed by atoms with Crippen molar-refractivity contribution in [2.24, 2.45) is 16.1 Å². The van der Waals surface area contributed by atoms with Crippen LogP contribution in [-0.4, -0.2) is 50.0 Å². The average molecular weight is 449 g/mol. The number of anilines is 2. The van der Waals surface area contributed by atoms with Crippen molar-refractivity contribution in [2.75, 3.05) is 43.4 Å². The van der Waals surface area contributed by atoms with Crippen LogP contribution in [0.5, 0.6) is 0 Å². The summed E-state index contributed by atoms with van der Waals surface area (Å²) < 4.78 is 0. The van der Waals surface area contributed by atoms with E-state index in [0.717, 1.165) is 43.1 Å². The lowest BCUT2D eigenvalue weighted by Gasteiger charge is -2.34. The number of likely N-dealkylation sites (N-methyl/N-ethyl adjacent to an activating group) is 1. The van der Waals surface area contributed by atoms with Gasteiger partial charge in [0.15, 0.2) is 0 Å². The number of hydrogen-bond acceptors (Lipinski definition) is 5. The maximum Gasteiger partial charge on any atom is 0.324 e. The smallest absolute Gasteiger partial charge is 0.324 e. The van der Waals surface area contributed by atoms with Crippen molar-refractivity contribution in [3.05, 3.63) is 65.9 Å². The lowest BCUT2D eigenvalue weighted by molar-refractivity contribution is 0.256. The van der Waals surface area contributed by atoms with E-state index in [0.29, 0.717) is 17.2 Å². The van der Waals surface area contributed by atoms with Gasteiger partial charge < -0.3 is 20.9 Å². The predicted octanol–water partition coefficient (Wildman–Crippen LogP) is 4.49. The molecule has 2 aromatic carbocycles. The lowest BCUT2D eigenvalue weighted by Crippen LogP contribution is -2.44. The molecule has 0 spiro atoms. The zero-order valence-corrected chi connectivity index (χ0v) is 20.4. The van der Waals surface area contributed by atoms with Crippen LogP contribution in [0, 0.1) is 12.3 Å². The van der Waals surface area contributed by atoms with Crippen molar-refractivity contribution in [2.45, 2.75) is 27.7 Å². The first-order valence-electron chi connectivity index (χ1n) is 11.3. The lowest BCUT2D eigenvalue weighted by atomic mass is 9.92. The first kappa shape index (κ1) is 24.3. The van der Waals surface area contributed by atoms with Crippen LogP contribution in [0.3, 0.4) is 0 Å². The number of piperazine rings is 1. The molecule has 2 amide bonds. The van der Waals surface area contributed by atoms with Gasteiger partial charge in [-0.15, -0.1) is 0 Å². The van der Waals surface area contributed by atoms with E-state index >= 15 is 0 Å². The molecule has 1 heterocycles. The summed E-state index contributed by atoms with van der Waals surface area (Å²) in [5.74, 6) is 0.387. The van der Waals surface area contributed by atoms with Gasteiger partial charge in [-0.25, -0.2) is 9.79 Å². The molecule has 1 aliphatic heterocycles. The Morgan fingerprint density at radius 1 is 1.00 bits per heavy atom. The molecule has 2 aromatic rings. The van der Waals surface area contributed by atoms with Crippen LogP contribution < -0.4 is 21.3 Å². The van der Waals surface area contributed by atoms with E-state index in [-0.39, 0.29) is 11.4 Å². The van der Waals surface area contributed by atoms with Gasteiger partial charge in [-0.3, -0.25) is 5.32 Å². The van der Waals surface area contributed by atoms with Gasteiger partial charge in [-0.2, -0.15) is 0 Å². The molecule has 7 nitrogen and oxygen atoms in total. The van der Waals surface area contributed by atoms with E-state index in [1.165, 1.54) is 0 Å². The largest absolute Gasteiger partial charge is 0.401 e. The minimum Gasteiger partial charge on any atom is -0.401 e. The Balaban J connectivity index is 1.70. The fourth-order valence-electron chi connectivity index (χ4n) is 3.32. The van der Waals surface area contributed by atoms with Gasteiger partial charge in [0.1, 0.15) is 5.84 Å². The van der Waals surface area contributed by atoms with Crippen LogP contribution >= 0.6 is 0 Å². The number of nitrogens with zero attached hydrogens (tertiary/aromatic N) is 3. The van der Waals surface area contributed by atoms with Crippen molar-refractivity contribution in [3.63, 3.8) is 0 Å². The number of carbonyl (C=O) groups is 1. The van der Waals surface area contributed by atoms with Crippen molar-refractivity contribution >= 4 is 28.9 Å². The highest BCUT2D eigenvalue weighted by Gasteiger charge is 2.16. The number of aryl methyl sites for hydroxylation is 1. The Labute approximate surface area is 197 Å². The van der Waals surface area contributed by atoms with Gasteiger partial charge in [0, 0.05) is 54.7 Å². The number of rotatable bonds is 4. The molecule has 33 heavy (non-hydrogen) atoms. The molecule has 0 atom stereocenters. The number of urea groups is 1. The summed E-state index contributed by atoms with van der Waals surface area (Å²) >= 11 is 0. The number of amidine groups is 1. The Kier molecular flexibility index (Phi) is 7.76. The number of allylic oxidation sites excluding steroid dienone is 1. The van der Waals surface area contributed by atoms with Crippen LogP contribution in [0.2, 0.25) is 0 Å². The van der Waals surface area contributed by atoms with Gasteiger partial charge >= 0.3 is 6.03 Å². The van der Waals surface area contributed by atoms with Gasteiger partial charge in [0.2, 0.25) is 0 Å². The fraction of sp³-hybridized carbons (Fsp3) is 0.385. The van der Waals surface area contributed by atoms with Crippen molar-refractivity contribution in [1.82, 2.24) is 10.2 Å². The standard InChI is InChI=1S/C26H36N6O/c1-19-6-8-20(9-7-19)28-24(18-23(27)26(2,3)4)30-25(33)29-21-10-12-22(13-11-21)32-16-14-31(5)15-17-32/h6-13,18H,14-17,27H2,1-5H3,(H2,28,29,30,33). The third-order valence-corrected chi connectivity index (χ3v) is 5.68. The Hall–Kier alpha value is -3.32. The second kappa shape index (κ2) is 10.5. The summed E-state index contributed by atoms with van der Waals surface area (Å²) in [5, 5.41) is 5.73. The predicted molar refractivity (Wildman–Crippen MR) is 138 cm³/mol. The molecule has 0 saturated carbocycles. The first-order valence-corrected chi connectivity index (χ1v) is 11.3. The minimum absolute atomic E-state index is 0.245. The topological polar surface area (TPSA) is 86.0 Å². The van der Waals surface area contributed by atoms with Crippen molar-refractivity contribution < 1.29 is 4.79 Å². The molecule has 4 N–H and O–H groups in total. The Morgan fingerprint density at radius 2 is 1.61 bits per heavy atom. The summed E-state index contributed by atoms with van der Waals surface area (Å²) in [6.45, 7) is 12.2. The highest BCUT2D eigenvalue weighted by atomic mass is 16.2. The molecular weight excluding hydrogens is 412 g/mol. The monoisotopic (exact) mass is 448 g/mol. The zero-order valence-electron chi connectivity index (χ0n) is 20.4. The Morgan fingerprint density at radius 3 is 2.18 bits per heavy atom. The molecular formula is C26H36N6O. The van der Waals surface area contributed by atoms with Crippen LogP contribution in [0.1, 0.15) is 26.3 Å².